The highest BCUT2D eigenvalue weighted by atomic mass is 32.2. The molecule has 0 bridgehead atoms. The van der Waals surface area contributed by atoms with Gasteiger partial charge in [-0.25, -0.2) is 4.79 Å². The third kappa shape index (κ3) is 4.29. The SMILES string of the molecule is C=CCN1C(=O)/C(=C\c2ccc(OC(=O)c3cccnc3)c(OC)c2)SC1=S. The lowest BCUT2D eigenvalue weighted by molar-refractivity contribution is -0.121. The van der Waals surface area contributed by atoms with Crippen molar-refractivity contribution >= 4 is 46.3 Å². The summed E-state index contributed by atoms with van der Waals surface area (Å²) < 4.78 is 11.2. The molecule has 142 valence electrons. The molecule has 1 aliphatic heterocycles. The minimum absolute atomic E-state index is 0.166. The molecule has 0 atom stereocenters. The average molecular weight is 412 g/mol. The largest absolute Gasteiger partial charge is 0.493 e. The predicted octanol–water partition coefficient (Wildman–Crippen LogP) is 3.70. The summed E-state index contributed by atoms with van der Waals surface area (Å²) >= 11 is 6.46. The number of benzene rings is 1. The van der Waals surface area contributed by atoms with Crippen LogP contribution in [-0.4, -0.2) is 39.7 Å². The first-order valence-corrected chi connectivity index (χ1v) is 9.42. The molecule has 2 aromatic rings. The number of aromatic nitrogens is 1. The van der Waals surface area contributed by atoms with E-state index in [0.29, 0.717) is 27.1 Å². The van der Waals surface area contributed by atoms with Crippen LogP contribution in [0.5, 0.6) is 11.5 Å². The fourth-order valence-corrected chi connectivity index (χ4v) is 3.71. The first kappa shape index (κ1) is 19.8. The van der Waals surface area contributed by atoms with E-state index >= 15 is 0 Å². The molecule has 0 aliphatic carbocycles. The number of ether oxygens (including phenoxy) is 2. The first-order chi connectivity index (χ1) is 13.5. The Morgan fingerprint density at radius 1 is 1.36 bits per heavy atom. The number of thioether (sulfide) groups is 1. The zero-order chi connectivity index (χ0) is 20.1. The summed E-state index contributed by atoms with van der Waals surface area (Å²) in [5.41, 5.74) is 1.05. The van der Waals surface area contributed by atoms with Crippen molar-refractivity contribution in [3.63, 3.8) is 0 Å². The number of methoxy groups -OCH3 is 1. The molecule has 0 unspecified atom stereocenters. The maximum Gasteiger partial charge on any atom is 0.345 e. The molecule has 8 heteroatoms. The first-order valence-electron chi connectivity index (χ1n) is 8.20. The second-order valence-electron chi connectivity index (χ2n) is 5.62. The van der Waals surface area contributed by atoms with Crippen molar-refractivity contribution in [3.05, 3.63) is 71.4 Å². The summed E-state index contributed by atoms with van der Waals surface area (Å²) in [6.07, 6.45) is 6.35. The van der Waals surface area contributed by atoms with Gasteiger partial charge in [0.2, 0.25) is 0 Å². The Morgan fingerprint density at radius 2 is 2.18 bits per heavy atom. The molecule has 28 heavy (non-hydrogen) atoms. The van der Waals surface area contributed by atoms with Gasteiger partial charge in [-0.05, 0) is 35.9 Å². The lowest BCUT2D eigenvalue weighted by Crippen LogP contribution is -2.27. The van der Waals surface area contributed by atoms with Crippen LogP contribution in [0.25, 0.3) is 6.08 Å². The number of esters is 1. The Bertz CT molecular complexity index is 973. The Kier molecular flexibility index (Phi) is 6.23. The van der Waals surface area contributed by atoms with Gasteiger partial charge in [0.15, 0.2) is 11.5 Å². The van der Waals surface area contributed by atoms with Crippen molar-refractivity contribution in [1.29, 1.82) is 0 Å². The van der Waals surface area contributed by atoms with Crippen LogP contribution in [0.1, 0.15) is 15.9 Å². The molecule has 0 saturated carbocycles. The van der Waals surface area contributed by atoms with Crippen LogP contribution in [0.15, 0.2) is 60.3 Å². The predicted molar refractivity (Wildman–Crippen MR) is 112 cm³/mol. The number of nitrogens with zero attached hydrogens (tertiary/aromatic N) is 2. The van der Waals surface area contributed by atoms with Crippen molar-refractivity contribution in [1.82, 2.24) is 9.88 Å². The van der Waals surface area contributed by atoms with E-state index < -0.39 is 5.97 Å². The van der Waals surface area contributed by atoms with Crippen LogP contribution >= 0.6 is 24.0 Å². The van der Waals surface area contributed by atoms with E-state index in [2.05, 4.69) is 11.6 Å². The second-order valence-corrected chi connectivity index (χ2v) is 7.30. The highest BCUT2D eigenvalue weighted by molar-refractivity contribution is 8.26. The van der Waals surface area contributed by atoms with E-state index in [9.17, 15) is 9.59 Å². The summed E-state index contributed by atoms with van der Waals surface area (Å²) in [4.78, 5) is 30.5. The van der Waals surface area contributed by atoms with Gasteiger partial charge in [-0.2, -0.15) is 0 Å². The van der Waals surface area contributed by atoms with Crippen molar-refractivity contribution in [2.75, 3.05) is 13.7 Å². The lowest BCUT2D eigenvalue weighted by Gasteiger charge is -2.11. The van der Waals surface area contributed by atoms with E-state index in [4.69, 9.17) is 21.7 Å². The van der Waals surface area contributed by atoms with E-state index in [1.54, 1.807) is 48.7 Å². The number of hydrogen-bond donors (Lipinski definition) is 0. The number of pyridine rings is 1. The average Bonchev–Trinajstić information content (AvgIpc) is 2.97. The maximum atomic E-state index is 12.4. The summed E-state index contributed by atoms with van der Waals surface area (Å²) in [5.74, 6) is -0.0642. The van der Waals surface area contributed by atoms with E-state index in [0.717, 1.165) is 5.56 Å². The summed E-state index contributed by atoms with van der Waals surface area (Å²) in [5, 5.41) is 0. The van der Waals surface area contributed by atoms with Gasteiger partial charge in [0.1, 0.15) is 4.32 Å². The second kappa shape index (κ2) is 8.81. The molecule has 1 fully saturated rings. The summed E-state index contributed by atoms with van der Waals surface area (Å²) in [6, 6.07) is 8.30. The number of amides is 1. The van der Waals surface area contributed by atoms with Crippen molar-refractivity contribution in [2.45, 2.75) is 0 Å². The number of hydrogen-bond acceptors (Lipinski definition) is 7. The zero-order valence-corrected chi connectivity index (χ0v) is 16.6. The third-order valence-corrected chi connectivity index (χ3v) is 5.15. The van der Waals surface area contributed by atoms with Crippen LogP contribution in [0, 0.1) is 0 Å². The van der Waals surface area contributed by atoms with Crippen LogP contribution < -0.4 is 9.47 Å². The Balaban J connectivity index is 1.82. The van der Waals surface area contributed by atoms with E-state index in [-0.39, 0.29) is 11.7 Å². The smallest absolute Gasteiger partial charge is 0.345 e. The monoisotopic (exact) mass is 412 g/mol. The van der Waals surface area contributed by atoms with Gasteiger partial charge in [0, 0.05) is 18.9 Å². The standard InChI is InChI=1S/C20H16N2O4S2/c1-3-9-22-18(23)17(28-20(22)27)11-13-6-7-15(16(10-13)25-2)26-19(24)14-5-4-8-21-12-14/h3-8,10-12H,1,9H2,2H3/b17-11+. The molecule has 0 spiro atoms. The number of carbonyl (C=O) groups is 2. The van der Waals surface area contributed by atoms with Gasteiger partial charge in [0.05, 0.1) is 17.6 Å². The Labute approximate surface area is 171 Å². The molecule has 0 N–H and O–H groups in total. The molecule has 1 aliphatic rings. The highest BCUT2D eigenvalue weighted by Gasteiger charge is 2.31. The highest BCUT2D eigenvalue weighted by Crippen LogP contribution is 2.34. The fraction of sp³-hybridized carbons (Fsp3) is 0.100. The molecule has 1 aromatic heterocycles. The zero-order valence-electron chi connectivity index (χ0n) is 15.0. The topological polar surface area (TPSA) is 68.7 Å². The van der Waals surface area contributed by atoms with Crippen LogP contribution in [0.4, 0.5) is 0 Å². The van der Waals surface area contributed by atoms with Gasteiger partial charge >= 0.3 is 5.97 Å². The van der Waals surface area contributed by atoms with E-state index in [1.165, 1.54) is 30.0 Å². The molecular formula is C20H16N2O4S2. The van der Waals surface area contributed by atoms with Crippen LogP contribution in [0.3, 0.4) is 0 Å². The summed E-state index contributed by atoms with van der Waals surface area (Å²) in [6.45, 7) is 4.01. The normalized spacial score (nSPS) is 15.0. The minimum atomic E-state index is -0.538. The summed E-state index contributed by atoms with van der Waals surface area (Å²) in [7, 11) is 1.48. The van der Waals surface area contributed by atoms with E-state index in [1.807, 2.05) is 0 Å². The molecule has 1 aromatic carbocycles. The van der Waals surface area contributed by atoms with Gasteiger partial charge < -0.3 is 9.47 Å². The van der Waals surface area contributed by atoms with Crippen LogP contribution in [-0.2, 0) is 4.79 Å². The quantitative estimate of drug-likeness (QED) is 0.236. The molecule has 0 radical (unpaired) electrons. The molecule has 6 nitrogen and oxygen atoms in total. The van der Waals surface area contributed by atoms with Gasteiger partial charge in [-0.3, -0.25) is 14.7 Å². The Morgan fingerprint density at radius 3 is 2.86 bits per heavy atom. The van der Waals surface area contributed by atoms with Gasteiger partial charge in [-0.1, -0.05) is 36.1 Å². The molecule has 2 heterocycles. The maximum absolute atomic E-state index is 12.4. The van der Waals surface area contributed by atoms with Crippen molar-refractivity contribution in [3.8, 4) is 11.5 Å². The van der Waals surface area contributed by atoms with Crippen molar-refractivity contribution < 1.29 is 19.1 Å². The van der Waals surface area contributed by atoms with Gasteiger partial charge in [-0.15, -0.1) is 6.58 Å². The number of rotatable bonds is 6. The van der Waals surface area contributed by atoms with Gasteiger partial charge in [0.25, 0.3) is 5.91 Å². The molecule has 1 amide bonds. The fourth-order valence-electron chi connectivity index (χ4n) is 2.44. The molecule has 1 saturated heterocycles. The Hall–Kier alpha value is -2.97. The van der Waals surface area contributed by atoms with Crippen molar-refractivity contribution in [2.24, 2.45) is 0 Å². The third-order valence-electron chi connectivity index (χ3n) is 3.77. The lowest BCUT2D eigenvalue weighted by atomic mass is 10.2. The number of thiocarbonyl (C=S) groups is 1. The molecule has 3 rings (SSSR count). The number of carbonyl (C=O) groups excluding carboxylic acids is 2. The minimum Gasteiger partial charge on any atom is -0.493 e. The molecular weight excluding hydrogens is 396 g/mol. The van der Waals surface area contributed by atoms with Crippen LogP contribution in [0.2, 0.25) is 0 Å².